The van der Waals surface area contributed by atoms with Gasteiger partial charge in [0, 0.05) is 5.57 Å². The first-order valence-corrected chi connectivity index (χ1v) is 4.38. The average Bonchev–Trinajstić information content (AvgIpc) is 2.04. The minimum absolute atomic E-state index is 0.177. The van der Waals surface area contributed by atoms with E-state index in [9.17, 15) is 4.79 Å². The summed E-state index contributed by atoms with van der Waals surface area (Å²) in [6.45, 7) is 6.00. The van der Waals surface area contributed by atoms with Crippen molar-refractivity contribution in [3.63, 3.8) is 0 Å². The number of methoxy groups -OCH3 is 1. The second-order valence-electron chi connectivity index (χ2n) is 3.07. The molecule has 0 saturated heterocycles. The number of rotatable bonds is 4. The van der Waals surface area contributed by atoms with Gasteiger partial charge in [0.15, 0.2) is 0 Å². The Morgan fingerprint density at radius 1 is 1.33 bits per heavy atom. The lowest BCUT2D eigenvalue weighted by atomic mass is 10.0. The lowest BCUT2D eigenvalue weighted by Gasteiger charge is -2.06. The van der Waals surface area contributed by atoms with E-state index in [4.69, 9.17) is 0 Å². The van der Waals surface area contributed by atoms with Crippen LogP contribution in [-0.4, -0.2) is 13.1 Å². The van der Waals surface area contributed by atoms with Crippen molar-refractivity contribution in [1.29, 1.82) is 0 Å². The Bertz CT molecular complexity index is 176. The lowest BCUT2D eigenvalue weighted by molar-refractivity contribution is -0.136. The van der Waals surface area contributed by atoms with Crippen LogP contribution in [0.4, 0.5) is 0 Å². The van der Waals surface area contributed by atoms with E-state index in [1.807, 2.05) is 13.8 Å². The maximum absolute atomic E-state index is 11.2. The summed E-state index contributed by atoms with van der Waals surface area (Å²) in [6, 6.07) is 0. The zero-order chi connectivity index (χ0) is 9.56. The molecule has 0 spiro atoms. The Labute approximate surface area is 74.6 Å². The minimum Gasteiger partial charge on any atom is -0.466 e. The summed E-state index contributed by atoms with van der Waals surface area (Å²) in [6.07, 6.45) is 2.99. The molecule has 0 atom stereocenters. The molecule has 0 aliphatic rings. The van der Waals surface area contributed by atoms with Gasteiger partial charge in [0.2, 0.25) is 0 Å². The van der Waals surface area contributed by atoms with Gasteiger partial charge in [-0.3, -0.25) is 0 Å². The van der Waals surface area contributed by atoms with Crippen molar-refractivity contribution in [2.24, 2.45) is 0 Å². The van der Waals surface area contributed by atoms with E-state index in [0.717, 1.165) is 30.4 Å². The fourth-order valence-electron chi connectivity index (χ4n) is 1.03. The van der Waals surface area contributed by atoms with Crippen LogP contribution in [-0.2, 0) is 9.53 Å². The molecule has 0 aliphatic carbocycles. The van der Waals surface area contributed by atoms with E-state index in [2.05, 4.69) is 11.7 Å². The van der Waals surface area contributed by atoms with Gasteiger partial charge in [0.1, 0.15) is 0 Å². The predicted molar refractivity (Wildman–Crippen MR) is 49.9 cm³/mol. The first kappa shape index (κ1) is 11.2. The minimum atomic E-state index is -0.177. The van der Waals surface area contributed by atoms with Crippen molar-refractivity contribution < 1.29 is 9.53 Å². The van der Waals surface area contributed by atoms with Gasteiger partial charge in [-0.1, -0.05) is 18.9 Å². The monoisotopic (exact) mass is 170 g/mol. The second-order valence-corrected chi connectivity index (χ2v) is 3.07. The van der Waals surface area contributed by atoms with Crippen LogP contribution in [0.15, 0.2) is 11.1 Å². The Morgan fingerprint density at radius 3 is 2.25 bits per heavy atom. The van der Waals surface area contributed by atoms with Crippen LogP contribution in [0.2, 0.25) is 0 Å². The molecule has 0 aliphatic heterocycles. The zero-order valence-corrected chi connectivity index (χ0v) is 8.44. The average molecular weight is 170 g/mol. The van der Waals surface area contributed by atoms with Gasteiger partial charge in [-0.05, 0) is 26.7 Å². The first-order chi connectivity index (χ1) is 5.63. The highest BCUT2D eigenvalue weighted by Gasteiger charge is 2.09. The molecule has 0 fully saturated rings. The van der Waals surface area contributed by atoms with Gasteiger partial charge in [0.05, 0.1) is 7.11 Å². The highest BCUT2D eigenvalue weighted by Crippen LogP contribution is 2.13. The molecular formula is C10H18O2. The Balaban J connectivity index is 4.26. The predicted octanol–water partition coefficient (Wildman–Crippen LogP) is 2.69. The van der Waals surface area contributed by atoms with Crippen LogP contribution in [0.1, 0.15) is 40.0 Å². The molecule has 0 heterocycles. The molecule has 0 N–H and O–H groups in total. The third kappa shape index (κ3) is 3.56. The van der Waals surface area contributed by atoms with E-state index in [1.165, 1.54) is 7.11 Å². The molecule has 0 saturated carbocycles. The topological polar surface area (TPSA) is 26.3 Å². The summed E-state index contributed by atoms with van der Waals surface area (Å²) in [5.74, 6) is -0.177. The van der Waals surface area contributed by atoms with Crippen LogP contribution >= 0.6 is 0 Å². The van der Waals surface area contributed by atoms with E-state index < -0.39 is 0 Å². The van der Waals surface area contributed by atoms with Crippen molar-refractivity contribution in [3.8, 4) is 0 Å². The Hall–Kier alpha value is -0.790. The third-order valence-electron chi connectivity index (χ3n) is 1.82. The number of ether oxygens (including phenoxy) is 1. The molecule has 2 nitrogen and oxygen atoms in total. The maximum Gasteiger partial charge on any atom is 0.333 e. The van der Waals surface area contributed by atoms with E-state index >= 15 is 0 Å². The summed E-state index contributed by atoms with van der Waals surface area (Å²) in [5, 5.41) is 0. The molecule has 0 unspecified atom stereocenters. The van der Waals surface area contributed by atoms with Gasteiger partial charge >= 0.3 is 5.97 Å². The van der Waals surface area contributed by atoms with E-state index in [-0.39, 0.29) is 5.97 Å². The highest BCUT2D eigenvalue weighted by molar-refractivity contribution is 5.89. The number of hydrogen-bond acceptors (Lipinski definition) is 2. The van der Waals surface area contributed by atoms with Crippen LogP contribution in [0.25, 0.3) is 0 Å². The van der Waals surface area contributed by atoms with Gasteiger partial charge < -0.3 is 4.74 Å². The zero-order valence-electron chi connectivity index (χ0n) is 8.44. The van der Waals surface area contributed by atoms with Crippen molar-refractivity contribution >= 4 is 5.97 Å². The molecule has 0 radical (unpaired) electrons. The van der Waals surface area contributed by atoms with Gasteiger partial charge in [0.25, 0.3) is 0 Å². The summed E-state index contributed by atoms with van der Waals surface area (Å²) < 4.78 is 4.67. The van der Waals surface area contributed by atoms with E-state index in [1.54, 1.807) is 0 Å². The number of carbonyl (C=O) groups excluding carboxylic acids is 1. The molecule has 0 aromatic heterocycles. The number of allylic oxidation sites excluding steroid dienone is 1. The van der Waals surface area contributed by atoms with Crippen LogP contribution in [0.5, 0.6) is 0 Å². The van der Waals surface area contributed by atoms with Crippen LogP contribution < -0.4 is 0 Å². The van der Waals surface area contributed by atoms with Crippen molar-refractivity contribution in [2.75, 3.05) is 7.11 Å². The summed E-state index contributed by atoms with van der Waals surface area (Å²) >= 11 is 0. The number of carbonyl (C=O) groups is 1. The standard InChI is InChI=1S/C10H18O2/c1-5-6-7-9(8(2)3)10(11)12-4/h5-7H2,1-4H3. The Kier molecular flexibility index (Phi) is 5.43. The second kappa shape index (κ2) is 5.81. The van der Waals surface area contributed by atoms with Crippen molar-refractivity contribution in [3.05, 3.63) is 11.1 Å². The summed E-state index contributed by atoms with van der Waals surface area (Å²) in [4.78, 5) is 11.2. The summed E-state index contributed by atoms with van der Waals surface area (Å²) in [5.41, 5.74) is 1.90. The SMILES string of the molecule is CCCCC(C(=O)OC)=C(C)C. The molecule has 0 amide bonds. The largest absolute Gasteiger partial charge is 0.466 e. The lowest BCUT2D eigenvalue weighted by Crippen LogP contribution is -2.06. The fourth-order valence-corrected chi connectivity index (χ4v) is 1.03. The fraction of sp³-hybridized carbons (Fsp3) is 0.700. The smallest absolute Gasteiger partial charge is 0.333 e. The van der Waals surface area contributed by atoms with Crippen molar-refractivity contribution in [2.45, 2.75) is 40.0 Å². The molecular weight excluding hydrogens is 152 g/mol. The quantitative estimate of drug-likeness (QED) is 0.479. The molecule has 70 valence electrons. The van der Waals surface area contributed by atoms with Crippen LogP contribution in [0, 0.1) is 0 Å². The first-order valence-electron chi connectivity index (χ1n) is 4.38. The van der Waals surface area contributed by atoms with Gasteiger partial charge in [-0.25, -0.2) is 4.79 Å². The van der Waals surface area contributed by atoms with Gasteiger partial charge in [-0.15, -0.1) is 0 Å². The molecule has 2 heteroatoms. The van der Waals surface area contributed by atoms with Gasteiger partial charge in [-0.2, -0.15) is 0 Å². The number of unbranched alkanes of at least 4 members (excludes halogenated alkanes) is 1. The number of esters is 1. The van der Waals surface area contributed by atoms with Crippen molar-refractivity contribution in [1.82, 2.24) is 0 Å². The highest BCUT2D eigenvalue weighted by atomic mass is 16.5. The van der Waals surface area contributed by atoms with E-state index in [0.29, 0.717) is 0 Å². The summed E-state index contributed by atoms with van der Waals surface area (Å²) in [7, 11) is 1.43. The molecule has 0 bridgehead atoms. The molecule has 12 heavy (non-hydrogen) atoms. The maximum atomic E-state index is 11.2. The number of hydrogen-bond donors (Lipinski definition) is 0. The molecule has 0 aromatic rings. The third-order valence-corrected chi connectivity index (χ3v) is 1.82. The normalized spacial score (nSPS) is 9.33. The Morgan fingerprint density at radius 2 is 1.92 bits per heavy atom. The molecule has 0 rings (SSSR count). The van der Waals surface area contributed by atoms with Crippen LogP contribution in [0.3, 0.4) is 0 Å². The molecule has 0 aromatic carbocycles.